The van der Waals surface area contributed by atoms with Crippen LogP contribution in [0.1, 0.15) is 58.7 Å². The van der Waals surface area contributed by atoms with Crippen LogP contribution in [0, 0.1) is 0 Å². The summed E-state index contributed by atoms with van der Waals surface area (Å²) in [6.45, 7) is 6.51. The largest absolute Gasteiger partial charge is 0.495 e. The number of methoxy groups -OCH3 is 1. The lowest BCUT2D eigenvalue weighted by Crippen LogP contribution is -2.51. The number of aromatic nitrogens is 5. The zero-order valence-corrected chi connectivity index (χ0v) is 27.1. The van der Waals surface area contributed by atoms with Crippen molar-refractivity contribution in [3.63, 3.8) is 0 Å². The third-order valence-corrected chi connectivity index (χ3v) is 7.56. The summed E-state index contributed by atoms with van der Waals surface area (Å²) in [4.78, 5) is 52.5. The predicted octanol–water partition coefficient (Wildman–Crippen LogP) is 5.41. The highest BCUT2D eigenvalue weighted by Crippen LogP contribution is 2.36. The summed E-state index contributed by atoms with van der Waals surface area (Å²) in [5, 5.41) is 8.62. The van der Waals surface area contributed by atoms with Gasteiger partial charge in [0.05, 0.1) is 29.6 Å². The average molecular weight is 689 g/mol. The number of anilines is 1. The number of carbonyl (C=O) groups excluding carboxylic acids is 3. The molecule has 0 atom stereocenters. The molecule has 0 saturated carbocycles. The van der Waals surface area contributed by atoms with Crippen molar-refractivity contribution in [1.82, 2.24) is 34.9 Å². The van der Waals surface area contributed by atoms with E-state index in [4.69, 9.17) is 21.1 Å². The number of aromatic amines is 2. The molecule has 3 aromatic heterocycles. The molecule has 0 spiro atoms. The molecule has 0 unspecified atom stereocenters. The number of piperazine rings is 1. The Balaban J connectivity index is 1.24. The van der Waals surface area contributed by atoms with Crippen LogP contribution in [0.4, 0.5) is 23.7 Å². The Labute approximate surface area is 277 Å². The molecule has 3 amide bonds. The summed E-state index contributed by atoms with van der Waals surface area (Å²) in [6.07, 6.45) is -2.84. The smallest absolute Gasteiger partial charge is 0.433 e. The first-order valence-electron chi connectivity index (χ1n) is 14.7. The van der Waals surface area contributed by atoms with Gasteiger partial charge < -0.3 is 29.6 Å². The molecule has 0 bridgehead atoms. The van der Waals surface area contributed by atoms with Crippen molar-refractivity contribution in [3.8, 4) is 17.1 Å². The molecule has 0 radical (unpaired) electrons. The number of pyridine rings is 1. The lowest BCUT2D eigenvalue weighted by molar-refractivity contribution is -0.141. The number of nitrogens with one attached hydrogen (secondary N) is 3. The van der Waals surface area contributed by atoms with Crippen LogP contribution < -0.4 is 10.1 Å². The molecule has 1 fully saturated rings. The van der Waals surface area contributed by atoms with Gasteiger partial charge in [-0.25, -0.2) is 9.78 Å². The highest BCUT2D eigenvalue weighted by Gasteiger charge is 2.38. The van der Waals surface area contributed by atoms with Crippen LogP contribution in [0.25, 0.3) is 11.4 Å². The zero-order valence-electron chi connectivity index (χ0n) is 26.4. The number of hydrogen-bond acceptors (Lipinski definition) is 8. The van der Waals surface area contributed by atoms with Crippen molar-refractivity contribution in [3.05, 3.63) is 76.1 Å². The van der Waals surface area contributed by atoms with Crippen LogP contribution in [0.2, 0.25) is 5.02 Å². The second-order valence-electron chi connectivity index (χ2n) is 11.8. The summed E-state index contributed by atoms with van der Waals surface area (Å²) in [7, 11) is 1.44. The first-order chi connectivity index (χ1) is 22.6. The molecule has 3 N–H and O–H groups in total. The standard InChI is InChI=1S/C31H32ClF3N8O5/c1-30(2,3)48-29(46)43-11-9-42(10-12-43)28(45)20-7-5-17(14-22(20)32)39-27(44)26-37-15-18(38-26)13-21-24(40-41-25(21)31(33,34)35)23-8-6-19(47-4)16-36-23/h5-8,14-16H,9-13H2,1-4H3,(H,37,38)(H,39,44)(H,40,41). The van der Waals surface area contributed by atoms with Crippen molar-refractivity contribution in [2.75, 3.05) is 38.6 Å². The molecule has 1 aromatic carbocycles. The van der Waals surface area contributed by atoms with Gasteiger partial charge in [-0.15, -0.1) is 0 Å². The van der Waals surface area contributed by atoms with Gasteiger partial charge in [-0.1, -0.05) is 11.6 Å². The number of benzene rings is 1. The number of ether oxygens (including phenoxy) is 2. The molecular formula is C31H32ClF3N8O5. The molecule has 254 valence electrons. The number of amides is 3. The van der Waals surface area contributed by atoms with Crippen molar-refractivity contribution < 1.29 is 37.0 Å². The topological polar surface area (TPSA) is 158 Å². The fraction of sp³-hybridized carbons (Fsp3) is 0.355. The van der Waals surface area contributed by atoms with E-state index in [1.54, 1.807) is 31.7 Å². The summed E-state index contributed by atoms with van der Waals surface area (Å²) in [5.74, 6) is -0.756. The number of alkyl halides is 3. The van der Waals surface area contributed by atoms with Gasteiger partial charge in [0.25, 0.3) is 11.8 Å². The third kappa shape index (κ3) is 7.87. The zero-order chi connectivity index (χ0) is 34.8. The van der Waals surface area contributed by atoms with Crippen LogP contribution in [0.3, 0.4) is 0 Å². The van der Waals surface area contributed by atoms with Gasteiger partial charge in [0.2, 0.25) is 0 Å². The fourth-order valence-electron chi connectivity index (χ4n) is 4.93. The molecule has 4 aromatic rings. The van der Waals surface area contributed by atoms with E-state index < -0.39 is 29.5 Å². The van der Waals surface area contributed by atoms with E-state index in [2.05, 4.69) is 30.5 Å². The lowest BCUT2D eigenvalue weighted by atomic mass is 10.0. The molecule has 48 heavy (non-hydrogen) atoms. The van der Waals surface area contributed by atoms with Crippen molar-refractivity contribution in [1.29, 1.82) is 0 Å². The lowest BCUT2D eigenvalue weighted by Gasteiger charge is -2.35. The Hall–Kier alpha value is -5.12. The molecule has 0 aliphatic carbocycles. The van der Waals surface area contributed by atoms with E-state index in [0.29, 0.717) is 18.8 Å². The van der Waals surface area contributed by atoms with Crippen molar-refractivity contribution >= 4 is 35.2 Å². The molecule has 1 aliphatic heterocycles. The highest BCUT2D eigenvalue weighted by atomic mass is 35.5. The van der Waals surface area contributed by atoms with Gasteiger partial charge in [0.1, 0.15) is 22.7 Å². The summed E-state index contributed by atoms with van der Waals surface area (Å²) in [5.41, 5.74) is -1.00. The predicted molar refractivity (Wildman–Crippen MR) is 168 cm³/mol. The minimum atomic E-state index is -4.73. The van der Waals surface area contributed by atoms with Crippen LogP contribution in [0.5, 0.6) is 5.75 Å². The number of nitrogens with zero attached hydrogens (tertiary/aromatic N) is 5. The quantitative estimate of drug-likeness (QED) is 0.233. The van der Waals surface area contributed by atoms with E-state index in [9.17, 15) is 27.6 Å². The second kappa shape index (κ2) is 13.5. The van der Waals surface area contributed by atoms with E-state index in [0.717, 1.165) is 0 Å². The van der Waals surface area contributed by atoms with Gasteiger partial charge in [0.15, 0.2) is 5.82 Å². The second-order valence-corrected chi connectivity index (χ2v) is 12.3. The first kappa shape index (κ1) is 34.2. The summed E-state index contributed by atoms with van der Waals surface area (Å²) in [6, 6.07) is 7.41. The van der Waals surface area contributed by atoms with Gasteiger partial charge in [-0.3, -0.25) is 19.7 Å². The normalized spacial score (nSPS) is 13.8. The number of carbonyl (C=O) groups is 3. The van der Waals surface area contributed by atoms with Gasteiger partial charge in [-0.2, -0.15) is 18.3 Å². The van der Waals surface area contributed by atoms with Gasteiger partial charge in [0, 0.05) is 55.7 Å². The number of rotatable bonds is 7. The van der Waals surface area contributed by atoms with E-state index in [1.165, 1.54) is 48.7 Å². The first-order valence-corrected chi connectivity index (χ1v) is 15.1. The molecular weight excluding hydrogens is 657 g/mol. The van der Waals surface area contributed by atoms with Gasteiger partial charge >= 0.3 is 12.3 Å². The Kier molecular flexibility index (Phi) is 9.66. The maximum absolute atomic E-state index is 13.8. The van der Waals surface area contributed by atoms with Crippen molar-refractivity contribution in [2.45, 2.75) is 39.0 Å². The number of H-pyrrole nitrogens is 2. The summed E-state index contributed by atoms with van der Waals surface area (Å²) >= 11 is 6.42. The van der Waals surface area contributed by atoms with E-state index >= 15 is 0 Å². The molecule has 17 heteroatoms. The third-order valence-electron chi connectivity index (χ3n) is 7.25. The molecule has 5 rings (SSSR count). The highest BCUT2D eigenvalue weighted by molar-refractivity contribution is 6.34. The molecule has 13 nitrogen and oxygen atoms in total. The van der Waals surface area contributed by atoms with Crippen LogP contribution >= 0.6 is 11.6 Å². The molecule has 4 heterocycles. The minimum Gasteiger partial charge on any atom is -0.495 e. The average Bonchev–Trinajstić information content (AvgIpc) is 3.68. The number of hydrogen-bond donors (Lipinski definition) is 3. The SMILES string of the molecule is COc1ccc(-c2n[nH]c(C(F)(F)F)c2Cc2cnc(C(=O)Nc3ccc(C(=O)N4CCN(C(=O)OC(C)(C)C)CC4)c(Cl)c3)[nH]2)nc1. The minimum absolute atomic E-state index is 0.0141. The molecule has 1 aliphatic rings. The molecule has 1 saturated heterocycles. The van der Waals surface area contributed by atoms with Crippen LogP contribution in [-0.4, -0.2) is 91.7 Å². The monoisotopic (exact) mass is 688 g/mol. The Bertz CT molecular complexity index is 1810. The number of imidazole rings is 1. The Morgan fingerprint density at radius 1 is 1.00 bits per heavy atom. The van der Waals surface area contributed by atoms with Crippen LogP contribution in [-0.2, 0) is 17.3 Å². The number of halogens is 4. The Morgan fingerprint density at radius 3 is 2.31 bits per heavy atom. The maximum atomic E-state index is 13.8. The summed E-state index contributed by atoms with van der Waals surface area (Å²) < 4.78 is 52.0. The van der Waals surface area contributed by atoms with Crippen LogP contribution in [0.15, 0.2) is 42.7 Å². The fourth-order valence-corrected chi connectivity index (χ4v) is 5.19. The maximum Gasteiger partial charge on any atom is 0.433 e. The van der Waals surface area contributed by atoms with Crippen molar-refractivity contribution in [2.24, 2.45) is 0 Å². The van der Waals surface area contributed by atoms with Gasteiger partial charge in [-0.05, 0) is 51.1 Å². The van der Waals surface area contributed by atoms with E-state index in [1.807, 2.05) is 0 Å². The Morgan fingerprint density at radius 2 is 1.71 bits per heavy atom. The van der Waals surface area contributed by atoms with E-state index in [-0.39, 0.29) is 70.2 Å².